The van der Waals surface area contributed by atoms with Crippen LogP contribution in [0.1, 0.15) is 11.3 Å². The Morgan fingerprint density at radius 1 is 1.28 bits per heavy atom. The van der Waals surface area contributed by atoms with Crippen LogP contribution in [0.4, 0.5) is 5.69 Å². The second-order valence-corrected chi connectivity index (χ2v) is 4.14. The van der Waals surface area contributed by atoms with Crippen molar-refractivity contribution in [2.75, 3.05) is 11.9 Å². The number of nitrogens with two attached hydrogens (primary N) is 1. The van der Waals surface area contributed by atoms with Crippen LogP contribution in [0.2, 0.25) is 0 Å². The summed E-state index contributed by atoms with van der Waals surface area (Å²) >= 11 is 0. The van der Waals surface area contributed by atoms with Crippen molar-refractivity contribution < 1.29 is 14.5 Å². The lowest BCUT2D eigenvalue weighted by Gasteiger charge is -2.06. The first-order chi connectivity index (χ1) is 8.75. The second-order valence-electron chi connectivity index (χ2n) is 4.14. The van der Waals surface area contributed by atoms with E-state index in [9.17, 15) is 4.79 Å². The molecule has 0 aliphatic carbocycles. The highest BCUT2D eigenvalue weighted by Gasteiger charge is 2.06. The maximum atomic E-state index is 11.7. The summed E-state index contributed by atoms with van der Waals surface area (Å²) in [7, 11) is 0. The number of hydrogen-bond acceptors (Lipinski definition) is 2. The van der Waals surface area contributed by atoms with Gasteiger partial charge in [0.1, 0.15) is 6.54 Å². The summed E-state index contributed by atoms with van der Waals surface area (Å²) in [5.74, 6) is 0.870. The van der Waals surface area contributed by atoms with Crippen LogP contribution in [-0.2, 0) is 11.3 Å². The fourth-order valence-electron chi connectivity index (χ4n) is 1.69. The van der Waals surface area contributed by atoms with Gasteiger partial charge in [-0.2, -0.15) is 0 Å². The summed E-state index contributed by atoms with van der Waals surface area (Å²) < 4.78 is 5.19. The van der Waals surface area contributed by atoms with Crippen molar-refractivity contribution in [3.8, 4) is 0 Å². The highest BCUT2D eigenvalue weighted by atomic mass is 16.3. The number of anilines is 1. The van der Waals surface area contributed by atoms with Crippen LogP contribution < -0.4 is 10.6 Å². The molecular formula is C14H17N2O2+. The molecule has 4 nitrogen and oxygen atoms in total. The normalized spacial score (nSPS) is 10.3. The summed E-state index contributed by atoms with van der Waals surface area (Å²) in [4.78, 5) is 11.7. The number of aryl methyl sites for hydroxylation is 1. The first-order valence-electron chi connectivity index (χ1n) is 5.95. The molecule has 4 heteroatoms. The van der Waals surface area contributed by atoms with Crippen LogP contribution in [0.25, 0.3) is 0 Å². The fourth-order valence-corrected chi connectivity index (χ4v) is 1.69. The molecule has 0 saturated heterocycles. The van der Waals surface area contributed by atoms with Gasteiger partial charge in [-0.1, -0.05) is 18.2 Å². The van der Waals surface area contributed by atoms with E-state index in [0.717, 1.165) is 17.0 Å². The second kappa shape index (κ2) is 6.02. The third-order valence-electron chi connectivity index (χ3n) is 2.67. The summed E-state index contributed by atoms with van der Waals surface area (Å²) in [5.41, 5.74) is 1.94. The predicted octanol–water partition coefficient (Wildman–Crippen LogP) is 1.29. The van der Waals surface area contributed by atoms with Crippen LogP contribution in [0, 0.1) is 6.92 Å². The summed E-state index contributed by atoms with van der Waals surface area (Å²) in [6.07, 6.45) is 1.64. The van der Waals surface area contributed by atoms with E-state index in [2.05, 4.69) is 5.32 Å². The van der Waals surface area contributed by atoms with Gasteiger partial charge in [-0.15, -0.1) is 0 Å². The Labute approximate surface area is 106 Å². The molecule has 0 fully saturated rings. The van der Waals surface area contributed by atoms with E-state index in [4.69, 9.17) is 4.42 Å². The zero-order chi connectivity index (χ0) is 12.8. The third-order valence-corrected chi connectivity index (χ3v) is 2.67. The molecule has 0 bridgehead atoms. The van der Waals surface area contributed by atoms with E-state index in [1.54, 1.807) is 6.26 Å². The van der Waals surface area contributed by atoms with Crippen molar-refractivity contribution in [3.63, 3.8) is 0 Å². The highest BCUT2D eigenvalue weighted by Crippen LogP contribution is 2.12. The minimum Gasteiger partial charge on any atom is -0.463 e. The molecule has 18 heavy (non-hydrogen) atoms. The number of furan rings is 1. The van der Waals surface area contributed by atoms with Crippen molar-refractivity contribution in [1.29, 1.82) is 0 Å². The van der Waals surface area contributed by atoms with Gasteiger partial charge in [0.05, 0.1) is 6.26 Å². The monoisotopic (exact) mass is 245 g/mol. The van der Waals surface area contributed by atoms with Crippen molar-refractivity contribution >= 4 is 11.6 Å². The SMILES string of the molecule is Cc1ccccc1NC(=O)C[NH2+]Cc1ccco1. The first kappa shape index (κ1) is 12.4. The third kappa shape index (κ3) is 3.46. The number of quaternary nitrogens is 1. The van der Waals surface area contributed by atoms with E-state index in [1.165, 1.54) is 0 Å². The van der Waals surface area contributed by atoms with Gasteiger partial charge in [-0.25, -0.2) is 0 Å². The standard InChI is InChI=1S/C14H16N2O2/c1-11-5-2-3-7-13(11)16-14(17)10-15-9-12-6-4-8-18-12/h2-8,15H,9-10H2,1H3,(H,16,17)/p+1. The smallest absolute Gasteiger partial charge is 0.279 e. The zero-order valence-electron chi connectivity index (χ0n) is 10.3. The Morgan fingerprint density at radius 2 is 2.11 bits per heavy atom. The van der Waals surface area contributed by atoms with Gasteiger partial charge < -0.3 is 15.1 Å². The van der Waals surface area contributed by atoms with Gasteiger partial charge in [0.2, 0.25) is 0 Å². The zero-order valence-corrected chi connectivity index (χ0v) is 10.3. The summed E-state index contributed by atoms with van der Waals surface area (Å²) in [5, 5.41) is 4.80. The van der Waals surface area contributed by atoms with Crippen LogP contribution in [-0.4, -0.2) is 12.5 Å². The van der Waals surface area contributed by atoms with Gasteiger partial charge in [0.15, 0.2) is 12.3 Å². The highest BCUT2D eigenvalue weighted by molar-refractivity contribution is 5.92. The van der Waals surface area contributed by atoms with Gasteiger partial charge in [0, 0.05) is 5.69 Å². The molecule has 1 aromatic heterocycles. The van der Waals surface area contributed by atoms with Gasteiger partial charge in [-0.05, 0) is 30.7 Å². The lowest BCUT2D eigenvalue weighted by molar-refractivity contribution is -0.661. The summed E-state index contributed by atoms with van der Waals surface area (Å²) in [6, 6.07) is 11.5. The quantitative estimate of drug-likeness (QED) is 0.834. The number of benzene rings is 1. The van der Waals surface area contributed by atoms with E-state index >= 15 is 0 Å². The lowest BCUT2D eigenvalue weighted by Crippen LogP contribution is -2.84. The van der Waals surface area contributed by atoms with Crippen LogP contribution in [0.3, 0.4) is 0 Å². The van der Waals surface area contributed by atoms with Gasteiger partial charge in [-0.3, -0.25) is 4.79 Å². The molecule has 2 aromatic rings. The largest absolute Gasteiger partial charge is 0.463 e. The molecular weight excluding hydrogens is 228 g/mol. The topological polar surface area (TPSA) is 58.9 Å². The molecule has 94 valence electrons. The molecule has 0 aliphatic heterocycles. The minimum absolute atomic E-state index is 0.00384. The van der Waals surface area contributed by atoms with E-state index in [-0.39, 0.29) is 5.91 Å². The lowest BCUT2D eigenvalue weighted by atomic mass is 10.2. The molecule has 0 aliphatic rings. The maximum absolute atomic E-state index is 11.7. The van der Waals surface area contributed by atoms with Crippen molar-refractivity contribution in [2.24, 2.45) is 0 Å². The summed E-state index contributed by atoms with van der Waals surface area (Å²) in [6.45, 7) is 3.03. The Bertz CT molecular complexity index is 506. The predicted molar refractivity (Wildman–Crippen MR) is 69.0 cm³/mol. The van der Waals surface area contributed by atoms with Crippen LogP contribution in [0.5, 0.6) is 0 Å². The van der Waals surface area contributed by atoms with E-state index < -0.39 is 0 Å². The van der Waals surface area contributed by atoms with E-state index in [0.29, 0.717) is 13.1 Å². The molecule has 1 heterocycles. The Hall–Kier alpha value is -2.07. The Kier molecular flexibility index (Phi) is 4.15. The number of rotatable bonds is 5. The fraction of sp³-hybridized carbons (Fsp3) is 0.214. The number of carbonyl (C=O) groups excluding carboxylic acids is 1. The van der Waals surface area contributed by atoms with Gasteiger partial charge in [0.25, 0.3) is 5.91 Å². The number of carbonyl (C=O) groups is 1. The van der Waals surface area contributed by atoms with Crippen molar-refractivity contribution in [1.82, 2.24) is 0 Å². The van der Waals surface area contributed by atoms with Crippen molar-refractivity contribution in [2.45, 2.75) is 13.5 Å². The molecule has 0 saturated carbocycles. The molecule has 3 N–H and O–H groups in total. The maximum Gasteiger partial charge on any atom is 0.279 e. The molecule has 1 amide bonds. The van der Waals surface area contributed by atoms with Gasteiger partial charge >= 0.3 is 0 Å². The Morgan fingerprint density at radius 3 is 2.83 bits per heavy atom. The Balaban J connectivity index is 1.77. The molecule has 0 unspecified atom stereocenters. The number of para-hydroxylation sites is 1. The molecule has 0 radical (unpaired) electrons. The molecule has 2 rings (SSSR count). The van der Waals surface area contributed by atoms with Crippen LogP contribution in [0.15, 0.2) is 47.1 Å². The number of hydrogen-bond donors (Lipinski definition) is 2. The molecule has 1 aromatic carbocycles. The van der Waals surface area contributed by atoms with Crippen molar-refractivity contribution in [3.05, 3.63) is 54.0 Å². The number of nitrogens with one attached hydrogen (secondary N) is 1. The average Bonchev–Trinajstić information content (AvgIpc) is 2.85. The van der Waals surface area contributed by atoms with E-state index in [1.807, 2.05) is 48.6 Å². The minimum atomic E-state index is -0.00384. The molecule has 0 atom stereocenters. The first-order valence-corrected chi connectivity index (χ1v) is 5.95. The van der Waals surface area contributed by atoms with Crippen LogP contribution >= 0.6 is 0 Å². The number of amides is 1. The average molecular weight is 245 g/mol. The molecule has 0 spiro atoms.